The molecule has 0 atom stereocenters. The molecular formula is C60H48N2O2. The summed E-state index contributed by atoms with van der Waals surface area (Å²) in [4.78, 5) is 4.89. The molecule has 0 bridgehead atoms. The van der Waals surface area contributed by atoms with Gasteiger partial charge in [0.25, 0.3) is 0 Å². The van der Waals surface area contributed by atoms with Gasteiger partial charge in [0.05, 0.1) is 22.7 Å². The first-order valence-electron chi connectivity index (χ1n) is 22.6. The molecule has 4 heteroatoms. The number of aryl methyl sites for hydroxylation is 6. The lowest BCUT2D eigenvalue weighted by Crippen LogP contribution is -2.13. The van der Waals surface area contributed by atoms with Gasteiger partial charge in [-0.2, -0.15) is 0 Å². The van der Waals surface area contributed by atoms with Crippen LogP contribution in [0.15, 0.2) is 167 Å². The molecule has 2 aromatic heterocycles. The lowest BCUT2D eigenvalue weighted by Gasteiger charge is -2.30. The van der Waals surface area contributed by atoms with E-state index in [0.29, 0.717) is 0 Å². The number of anilines is 6. The van der Waals surface area contributed by atoms with Crippen molar-refractivity contribution in [1.82, 2.24) is 0 Å². The number of fused-ring (bicyclic) bond motifs is 6. The number of benzene rings is 10. The van der Waals surface area contributed by atoms with Gasteiger partial charge in [0.1, 0.15) is 11.2 Å². The van der Waals surface area contributed by atoms with Gasteiger partial charge in [-0.3, -0.25) is 0 Å². The largest absolute Gasteiger partial charge is 0.454 e. The summed E-state index contributed by atoms with van der Waals surface area (Å²) in [5.74, 6) is 0. The van der Waals surface area contributed by atoms with Crippen molar-refractivity contribution >= 4 is 110 Å². The first-order valence-corrected chi connectivity index (χ1v) is 22.6. The molecule has 310 valence electrons. The Morgan fingerprint density at radius 1 is 0.359 bits per heavy atom. The highest BCUT2D eigenvalue weighted by Crippen LogP contribution is 2.51. The monoisotopic (exact) mass is 828 g/mol. The molecule has 0 aliphatic heterocycles. The number of furan rings is 2. The van der Waals surface area contributed by atoms with Gasteiger partial charge in [-0.1, -0.05) is 135 Å². The first-order chi connectivity index (χ1) is 31.3. The first kappa shape index (κ1) is 38.1. The molecule has 12 rings (SSSR count). The van der Waals surface area contributed by atoms with Crippen molar-refractivity contribution < 1.29 is 8.83 Å². The molecule has 0 saturated carbocycles. The summed E-state index contributed by atoms with van der Waals surface area (Å²) in [5.41, 5.74) is 17.4. The van der Waals surface area contributed by atoms with Gasteiger partial charge in [-0.25, -0.2) is 0 Å². The van der Waals surface area contributed by atoms with Crippen LogP contribution in [0.2, 0.25) is 0 Å². The Bertz CT molecular complexity index is 3830. The maximum Gasteiger partial charge on any atom is 0.159 e. The lowest BCUT2D eigenvalue weighted by molar-refractivity contribution is 0.661. The zero-order valence-corrected chi connectivity index (χ0v) is 37.1. The zero-order valence-electron chi connectivity index (χ0n) is 37.1. The van der Waals surface area contributed by atoms with Crippen molar-refractivity contribution in [3.63, 3.8) is 0 Å². The molecule has 0 spiro atoms. The van der Waals surface area contributed by atoms with E-state index in [-0.39, 0.29) is 0 Å². The third-order valence-electron chi connectivity index (χ3n) is 13.6. The topological polar surface area (TPSA) is 32.8 Å². The Morgan fingerprint density at radius 2 is 0.812 bits per heavy atom. The van der Waals surface area contributed by atoms with Gasteiger partial charge in [0.15, 0.2) is 11.2 Å². The van der Waals surface area contributed by atoms with Crippen molar-refractivity contribution in [3.05, 3.63) is 191 Å². The van der Waals surface area contributed by atoms with Crippen molar-refractivity contribution in [3.8, 4) is 0 Å². The highest BCUT2D eigenvalue weighted by atomic mass is 16.3. The minimum Gasteiger partial charge on any atom is -0.454 e. The molecule has 0 N–H and O–H groups in total. The van der Waals surface area contributed by atoms with E-state index in [1.807, 2.05) is 0 Å². The molecule has 2 heterocycles. The number of rotatable bonds is 8. The zero-order chi connectivity index (χ0) is 43.4. The summed E-state index contributed by atoms with van der Waals surface area (Å²) < 4.78 is 13.9. The smallest absolute Gasteiger partial charge is 0.159 e. The predicted molar refractivity (Wildman–Crippen MR) is 272 cm³/mol. The van der Waals surface area contributed by atoms with Crippen LogP contribution in [0.5, 0.6) is 0 Å². The van der Waals surface area contributed by atoms with E-state index in [0.717, 1.165) is 96.4 Å². The lowest BCUT2D eigenvalue weighted by atomic mass is 9.91. The van der Waals surface area contributed by atoms with E-state index >= 15 is 0 Å². The van der Waals surface area contributed by atoms with Crippen LogP contribution in [0, 0.1) is 34.6 Å². The van der Waals surface area contributed by atoms with Crippen LogP contribution in [-0.4, -0.2) is 0 Å². The fourth-order valence-electron chi connectivity index (χ4n) is 10.5. The standard InChI is InChI=1S/C60H48N2O2/c1-7-12-42-14-9-16-44-46-18-11-20-52(60(46)64-58(42)44)62(54-34-36(3)22-24-38(54)5)50-32-28-41-25-29-47-49(31-27-40-26-30-48(50)56(41)55(40)47)61(53-33-35(2)21-23-37(53)4)51-19-10-17-45-43-15-8-13-39(6)57(43)63-59(45)51/h8-11,13-34H,7,12H2,1-6H3. The van der Waals surface area contributed by atoms with Crippen LogP contribution in [-0.2, 0) is 6.42 Å². The van der Waals surface area contributed by atoms with E-state index in [1.54, 1.807) is 0 Å². The fourth-order valence-corrected chi connectivity index (χ4v) is 10.5. The molecular weight excluding hydrogens is 781 g/mol. The maximum absolute atomic E-state index is 7.03. The summed E-state index contributed by atoms with van der Waals surface area (Å²) in [6.07, 6.45) is 2.03. The van der Waals surface area contributed by atoms with Gasteiger partial charge >= 0.3 is 0 Å². The van der Waals surface area contributed by atoms with Gasteiger partial charge in [0, 0.05) is 43.7 Å². The van der Waals surface area contributed by atoms with E-state index in [4.69, 9.17) is 8.83 Å². The van der Waals surface area contributed by atoms with Gasteiger partial charge in [-0.05, 0) is 132 Å². The second-order valence-electron chi connectivity index (χ2n) is 17.8. The summed E-state index contributed by atoms with van der Waals surface area (Å²) >= 11 is 0. The molecule has 0 fully saturated rings. The predicted octanol–water partition coefficient (Wildman–Crippen LogP) is 17.8. The number of para-hydroxylation sites is 4. The summed E-state index contributed by atoms with van der Waals surface area (Å²) in [7, 11) is 0. The Hall–Kier alpha value is -7.56. The number of hydrogen-bond donors (Lipinski definition) is 0. The molecule has 0 aliphatic rings. The quantitative estimate of drug-likeness (QED) is 0.143. The molecule has 0 unspecified atom stereocenters. The van der Waals surface area contributed by atoms with Crippen LogP contribution in [0.1, 0.15) is 46.7 Å². The van der Waals surface area contributed by atoms with Gasteiger partial charge < -0.3 is 18.6 Å². The van der Waals surface area contributed by atoms with Crippen LogP contribution >= 0.6 is 0 Å². The Balaban J connectivity index is 1.15. The molecule has 4 nitrogen and oxygen atoms in total. The van der Waals surface area contributed by atoms with Crippen molar-refractivity contribution in [2.75, 3.05) is 9.80 Å². The third-order valence-corrected chi connectivity index (χ3v) is 13.6. The summed E-state index contributed by atoms with van der Waals surface area (Å²) in [6, 6.07) is 58.2. The average molecular weight is 829 g/mol. The van der Waals surface area contributed by atoms with Crippen LogP contribution in [0.4, 0.5) is 34.1 Å². The Labute approximate surface area is 372 Å². The molecule has 12 aromatic rings. The molecule has 0 saturated heterocycles. The van der Waals surface area contributed by atoms with Crippen molar-refractivity contribution in [1.29, 1.82) is 0 Å². The second-order valence-corrected chi connectivity index (χ2v) is 17.8. The maximum atomic E-state index is 7.03. The van der Waals surface area contributed by atoms with Gasteiger partial charge in [-0.15, -0.1) is 0 Å². The van der Waals surface area contributed by atoms with E-state index < -0.39 is 0 Å². The SMILES string of the molecule is CCCc1cccc2c1oc1c(N(c3cc(C)ccc3C)c3ccc4ccc5c(N(c6cc(C)ccc6C)c6cccc7c6oc6c(C)cccc67)ccc6ccc3c4c65)cccc12. The minimum absolute atomic E-state index is 0.881. The second kappa shape index (κ2) is 14.5. The van der Waals surface area contributed by atoms with Gasteiger partial charge in [0.2, 0.25) is 0 Å². The molecule has 10 aromatic carbocycles. The molecule has 0 aliphatic carbocycles. The molecule has 0 radical (unpaired) electrons. The Kier molecular flexibility index (Phi) is 8.64. The van der Waals surface area contributed by atoms with E-state index in [2.05, 4.69) is 209 Å². The fraction of sp³-hybridized carbons (Fsp3) is 0.133. The van der Waals surface area contributed by atoms with E-state index in [9.17, 15) is 0 Å². The minimum atomic E-state index is 0.881. The Morgan fingerprint density at radius 3 is 1.34 bits per heavy atom. The summed E-state index contributed by atoms with van der Waals surface area (Å²) in [5, 5.41) is 11.8. The average Bonchev–Trinajstić information content (AvgIpc) is 3.90. The van der Waals surface area contributed by atoms with E-state index in [1.165, 1.54) is 60.1 Å². The molecule has 64 heavy (non-hydrogen) atoms. The van der Waals surface area contributed by atoms with Crippen LogP contribution in [0.25, 0.3) is 76.2 Å². The highest BCUT2D eigenvalue weighted by molar-refractivity contribution is 6.29. The highest BCUT2D eigenvalue weighted by Gasteiger charge is 2.27. The summed E-state index contributed by atoms with van der Waals surface area (Å²) in [6.45, 7) is 13.1. The van der Waals surface area contributed by atoms with Crippen molar-refractivity contribution in [2.24, 2.45) is 0 Å². The van der Waals surface area contributed by atoms with Crippen LogP contribution in [0.3, 0.4) is 0 Å². The number of nitrogens with zero attached hydrogens (tertiary/aromatic N) is 2. The molecule has 0 amide bonds. The number of hydrogen-bond acceptors (Lipinski definition) is 4. The third kappa shape index (κ3) is 5.68. The van der Waals surface area contributed by atoms with Crippen LogP contribution < -0.4 is 9.80 Å². The van der Waals surface area contributed by atoms with Crippen molar-refractivity contribution in [2.45, 2.75) is 54.4 Å². The normalized spacial score (nSPS) is 12.0.